The van der Waals surface area contributed by atoms with E-state index in [4.69, 9.17) is 9.84 Å². The van der Waals surface area contributed by atoms with Gasteiger partial charge in [0.15, 0.2) is 0 Å². The molecule has 0 saturated carbocycles. The Morgan fingerprint density at radius 2 is 1.70 bits per heavy atom. The zero-order valence-electron chi connectivity index (χ0n) is 20.2. The molecule has 0 amide bonds. The monoisotopic (exact) mass is 502 g/mol. The number of rotatable bonds is 11. The number of nitro groups is 1. The van der Waals surface area contributed by atoms with Crippen LogP contribution in [0, 0.1) is 10.1 Å². The summed E-state index contributed by atoms with van der Waals surface area (Å²) < 4.78 is 8.45. The first-order chi connectivity index (χ1) is 17.9. The third-order valence-corrected chi connectivity index (χ3v) is 5.87. The van der Waals surface area contributed by atoms with Crippen LogP contribution in [-0.2, 0) is 19.6 Å². The third kappa shape index (κ3) is 5.92. The number of aromatic nitrogens is 3. The van der Waals surface area contributed by atoms with E-state index in [1.165, 1.54) is 24.3 Å². The normalized spacial score (nSPS) is 10.8. The molecule has 4 aromatic rings. The fraction of sp³-hybridized carbons (Fsp3) is 0.222. The van der Waals surface area contributed by atoms with E-state index in [2.05, 4.69) is 5.10 Å². The second kappa shape index (κ2) is 11.3. The van der Waals surface area contributed by atoms with Gasteiger partial charge in [-0.15, -0.1) is 5.10 Å². The molecule has 0 atom stereocenters. The number of hydrogen-bond acceptors (Lipinski definition) is 6. The van der Waals surface area contributed by atoms with Gasteiger partial charge in [-0.05, 0) is 47.9 Å². The summed E-state index contributed by atoms with van der Waals surface area (Å²) >= 11 is 0. The smallest absolute Gasteiger partial charge is 0.351 e. The minimum Gasteiger partial charge on any atom is -0.489 e. The van der Waals surface area contributed by atoms with Gasteiger partial charge in [0.25, 0.3) is 5.69 Å². The number of hydrogen-bond donors (Lipinski definition) is 1. The highest BCUT2D eigenvalue weighted by atomic mass is 16.6. The van der Waals surface area contributed by atoms with Gasteiger partial charge in [-0.2, -0.15) is 4.68 Å². The number of nitrogens with zero attached hydrogens (tertiary/aromatic N) is 4. The lowest BCUT2D eigenvalue weighted by atomic mass is 10.1. The summed E-state index contributed by atoms with van der Waals surface area (Å²) in [5, 5.41) is 25.0. The average molecular weight is 503 g/mol. The van der Waals surface area contributed by atoms with Crippen molar-refractivity contribution in [2.24, 2.45) is 0 Å². The summed E-state index contributed by atoms with van der Waals surface area (Å²) in [5.74, 6) is 0.211. The molecule has 0 aliphatic heterocycles. The van der Waals surface area contributed by atoms with Crippen LogP contribution in [0.2, 0.25) is 0 Å². The predicted octanol–water partition coefficient (Wildman–Crippen LogP) is 4.61. The Labute approximate surface area is 212 Å². The van der Waals surface area contributed by atoms with E-state index < -0.39 is 16.6 Å². The van der Waals surface area contributed by atoms with Crippen LogP contribution < -0.4 is 10.4 Å². The van der Waals surface area contributed by atoms with Gasteiger partial charge in [-0.25, -0.2) is 9.59 Å². The van der Waals surface area contributed by atoms with Crippen LogP contribution in [0.25, 0.3) is 5.69 Å². The maximum Gasteiger partial charge on any atom is 0.351 e. The second-order valence-corrected chi connectivity index (χ2v) is 8.48. The van der Waals surface area contributed by atoms with E-state index in [0.29, 0.717) is 18.0 Å². The zero-order valence-corrected chi connectivity index (χ0v) is 20.2. The summed E-state index contributed by atoms with van der Waals surface area (Å²) in [4.78, 5) is 35.3. The summed E-state index contributed by atoms with van der Waals surface area (Å²) in [6, 6.07) is 19.8. The molecule has 0 spiro atoms. The largest absolute Gasteiger partial charge is 0.489 e. The van der Waals surface area contributed by atoms with E-state index in [9.17, 15) is 19.7 Å². The van der Waals surface area contributed by atoms with Crippen molar-refractivity contribution >= 4 is 11.7 Å². The number of benzene rings is 3. The number of ether oxygens (including phenoxy) is 1. The van der Waals surface area contributed by atoms with Crippen LogP contribution in [-0.4, -0.2) is 30.3 Å². The molecule has 0 saturated heterocycles. The van der Waals surface area contributed by atoms with Gasteiger partial charge in [0.05, 0.1) is 17.0 Å². The molecule has 1 N–H and O–H groups in total. The SMILES string of the molecule is CCCCc1nn(-c2ccccc2[N+](=O)[O-])c(=O)n1Cc1ccc(OCc2ccc(C(=O)O)cc2)cc1. The first-order valence-electron chi connectivity index (χ1n) is 11.8. The van der Waals surface area contributed by atoms with E-state index in [0.717, 1.165) is 28.7 Å². The highest BCUT2D eigenvalue weighted by Crippen LogP contribution is 2.21. The molecule has 10 nitrogen and oxygen atoms in total. The van der Waals surface area contributed by atoms with Gasteiger partial charge in [-0.3, -0.25) is 14.7 Å². The van der Waals surface area contributed by atoms with Gasteiger partial charge in [0.2, 0.25) is 0 Å². The van der Waals surface area contributed by atoms with Crippen LogP contribution in [0.3, 0.4) is 0 Å². The number of para-hydroxylation sites is 2. The molecule has 0 aliphatic rings. The number of carboxylic acid groups (broad SMARTS) is 1. The summed E-state index contributed by atoms with van der Waals surface area (Å²) in [6.07, 6.45) is 2.31. The Bertz CT molecular complexity index is 1460. The first-order valence-corrected chi connectivity index (χ1v) is 11.8. The molecule has 37 heavy (non-hydrogen) atoms. The number of aryl methyl sites for hydroxylation is 1. The van der Waals surface area contributed by atoms with E-state index in [1.54, 1.807) is 41.0 Å². The van der Waals surface area contributed by atoms with Crippen LogP contribution in [0.5, 0.6) is 5.75 Å². The van der Waals surface area contributed by atoms with E-state index in [-0.39, 0.29) is 30.1 Å². The average Bonchev–Trinajstić information content (AvgIpc) is 3.21. The lowest BCUT2D eigenvalue weighted by Crippen LogP contribution is -2.25. The molecule has 0 aliphatic carbocycles. The molecular formula is C27H26N4O6. The third-order valence-electron chi connectivity index (χ3n) is 5.87. The summed E-state index contributed by atoms with van der Waals surface area (Å²) in [6.45, 7) is 2.58. The van der Waals surface area contributed by atoms with Crippen molar-refractivity contribution in [1.82, 2.24) is 14.3 Å². The lowest BCUT2D eigenvalue weighted by Gasteiger charge is -2.09. The zero-order chi connectivity index (χ0) is 26.4. The lowest BCUT2D eigenvalue weighted by molar-refractivity contribution is -0.384. The summed E-state index contributed by atoms with van der Waals surface area (Å²) in [7, 11) is 0. The van der Waals surface area contributed by atoms with Gasteiger partial charge in [0, 0.05) is 12.5 Å². The van der Waals surface area contributed by atoms with Gasteiger partial charge in [0.1, 0.15) is 23.9 Å². The quantitative estimate of drug-likeness (QED) is 0.234. The fourth-order valence-corrected chi connectivity index (χ4v) is 3.85. The number of aromatic carboxylic acids is 1. The second-order valence-electron chi connectivity index (χ2n) is 8.48. The topological polar surface area (TPSA) is 129 Å². The molecule has 1 aromatic heterocycles. The first kappa shape index (κ1) is 25.4. The number of carbonyl (C=O) groups is 1. The Morgan fingerprint density at radius 1 is 1.03 bits per heavy atom. The van der Waals surface area contributed by atoms with Gasteiger partial charge in [-0.1, -0.05) is 49.7 Å². The molecule has 0 bridgehead atoms. The minimum absolute atomic E-state index is 0.133. The predicted molar refractivity (Wildman–Crippen MR) is 136 cm³/mol. The molecule has 0 fully saturated rings. The highest BCUT2D eigenvalue weighted by Gasteiger charge is 2.21. The molecular weight excluding hydrogens is 476 g/mol. The Kier molecular flexibility index (Phi) is 7.77. The van der Waals surface area contributed by atoms with Crippen molar-refractivity contribution in [1.29, 1.82) is 0 Å². The van der Waals surface area contributed by atoms with Crippen molar-refractivity contribution < 1.29 is 19.6 Å². The molecule has 10 heteroatoms. The number of nitro benzene ring substituents is 1. The van der Waals surface area contributed by atoms with Crippen molar-refractivity contribution in [3.05, 3.63) is 116 Å². The van der Waals surface area contributed by atoms with Gasteiger partial charge < -0.3 is 9.84 Å². The van der Waals surface area contributed by atoms with Gasteiger partial charge >= 0.3 is 11.7 Å². The van der Waals surface area contributed by atoms with E-state index in [1.807, 2.05) is 19.1 Å². The molecule has 4 rings (SSSR count). The van der Waals surface area contributed by atoms with Crippen LogP contribution >= 0.6 is 0 Å². The summed E-state index contributed by atoms with van der Waals surface area (Å²) in [5.41, 5.74) is 1.41. The van der Waals surface area contributed by atoms with Crippen molar-refractivity contribution in [3.8, 4) is 11.4 Å². The Balaban J connectivity index is 1.53. The fourth-order valence-electron chi connectivity index (χ4n) is 3.85. The van der Waals surface area contributed by atoms with Crippen LogP contribution in [0.4, 0.5) is 5.69 Å². The minimum atomic E-state index is -0.979. The van der Waals surface area contributed by atoms with Crippen molar-refractivity contribution in [3.63, 3.8) is 0 Å². The Morgan fingerprint density at radius 3 is 2.35 bits per heavy atom. The molecule has 190 valence electrons. The maximum absolute atomic E-state index is 13.3. The molecule has 0 unspecified atom stereocenters. The number of carboxylic acids is 1. The molecule has 3 aromatic carbocycles. The van der Waals surface area contributed by atoms with Crippen molar-refractivity contribution in [2.75, 3.05) is 0 Å². The molecule has 1 heterocycles. The Hall–Kier alpha value is -4.73. The highest BCUT2D eigenvalue weighted by molar-refractivity contribution is 5.87. The standard InChI is InChI=1S/C27H26N4O6/c1-2-3-8-25-28-30(23-6-4-5-7-24(23)31(35)36)27(34)29(25)17-19-11-15-22(16-12-19)37-18-20-9-13-21(14-10-20)26(32)33/h4-7,9-16H,2-3,8,17-18H2,1H3,(H,32,33). The number of unbranched alkanes of at least 4 members (excludes halogenated alkanes) is 1. The molecule has 0 radical (unpaired) electrons. The van der Waals surface area contributed by atoms with Crippen LogP contribution in [0.1, 0.15) is 47.1 Å². The van der Waals surface area contributed by atoms with E-state index >= 15 is 0 Å². The van der Waals surface area contributed by atoms with Crippen molar-refractivity contribution in [2.45, 2.75) is 39.3 Å². The van der Waals surface area contributed by atoms with Crippen LogP contribution in [0.15, 0.2) is 77.6 Å². The maximum atomic E-state index is 13.3.